The first-order valence-corrected chi connectivity index (χ1v) is 10.6. The Morgan fingerprint density at radius 3 is 2.22 bits per heavy atom. The van der Waals surface area contributed by atoms with E-state index in [1.54, 1.807) is 12.1 Å². The summed E-state index contributed by atoms with van der Waals surface area (Å²) < 4.78 is 13.8. The van der Waals surface area contributed by atoms with Crippen LogP contribution in [0.3, 0.4) is 0 Å². The number of halogens is 2. The largest absolute Gasteiger partial charge is 0.206 e. The third kappa shape index (κ3) is 6.12. The Morgan fingerprint density at radius 1 is 0.926 bits per heavy atom. The summed E-state index contributed by atoms with van der Waals surface area (Å²) in [5.41, 5.74) is 2.66. The van der Waals surface area contributed by atoms with Crippen molar-refractivity contribution in [3.8, 4) is 11.8 Å². The molecule has 2 aromatic rings. The molecule has 2 heteroatoms. The molecule has 0 heterocycles. The Balaban J connectivity index is 1.50. The second kappa shape index (κ2) is 9.95. The Hall–Kier alpha value is -1.78. The number of rotatable bonds is 5. The molecule has 142 valence electrons. The zero-order valence-electron chi connectivity index (χ0n) is 16.1. The van der Waals surface area contributed by atoms with Gasteiger partial charge in [-0.15, -0.1) is 0 Å². The molecule has 1 fully saturated rings. The van der Waals surface area contributed by atoms with E-state index in [1.807, 2.05) is 12.1 Å². The topological polar surface area (TPSA) is 0 Å². The molecular formula is C25H28ClF. The quantitative estimate of drug-likeness (QED) is 0.472. The summed E-state index contributed by atoms with van der Waals surface area (Å²) in [6, 6.07) is 13.0. The van der Waals surface area contributed by atoms with Crippen LogP contribution >= 0.6 is 11.6 Å². The minimum atomic E-state index is -0.375. The van der Waals surface area contributed by atoms with Crippen molar-refractivity contribution in [1.82, 2.24) is 0 Å². The van der Waals surface area contributed by atoms with Crippen LogP contribution in [0.15, 0.2) is 42.5 Å². The van der Waals surface area contributed by atoms with Gasteiger partial charge in [-0.1, -0.05) is 81.0 Å². The van der Waals surface area contributed by atoms with Gasteiger partial charge in [0.2, 0.25) is 0 Å². The molecule has 0 saturated heterocycles. The highest BCUT2D eigenvalue weighted by Crippen LogP contribution is 2.33. The maximum absolute atomic E-state index is 13.8. The predicted molar refractivity (Wildman–Crippen MR) is 113 cm³/mol. The molecule has 0 bridgehead atoms. The fraction of sp³-hybridized carbons (Fsp3) is 0.440. The maximum atomic E-state index is 13.8. The van der Waals surface area contributed by atoms with E-state index < -0.39 is 0 Å². The SMILES string of the molecule is CCCC1CCC(CCc2ccc(C#Cc3ccc(Cl)cc3F)cc2)CC1. The van der Waals surface area contributed by atoms with Gasteiger partial charge in [0.05, 0.1) is 5.56 Å². The van der Waals surface area contributed by atoms with Crippen LogP contribution in [0.5, 0.6) is 0 Å². The minimum absolute atomic E-state index is 0.375. The normalized spacial score (nSPS) is 19.4. The first-order valence-electron chi connectivity index (χ1n) is 10.2. The maximum Gasteiger partial charge on any atom is 0.140 e. The van der Waals surface area contributed by atoms with E-state index >= 15 is 0 Å². The third-order valence-corrected chi connectivity index (χ3v) is 5.97. The fourth-order valence-corrected chi connectivity index (χ4v) is 4.23. The molecular weight excluding hydrogens is 355 g/mol. The molecule has 0 N–H and O–H groups in total. The van der Waals surface area contributed by atoms with E-state index in [9.17, 15) is 4.39 Å². The highest BCUT2D eigenvalue weighted by molar-refractivity contribution is 6.30. The monoisotopic (exact) mass is 382 g/mol. The lowest BCUT2D eigenvalue weighted by molar-refractivity contribution is 0.252. The van der Waals surface area contributed by atoms with Gasteiger partial charge in [0.15, 0.2) is 0 Å². The van der Waals surface area contributed by atoms with Crippen LogP contribution in [-0.4, -0.2) is 0 Å². The van der Waals surface area contributed by atoms with Gasteiger partial charge in [0.1, 0.15) is 5.82 Å². The van der Waals surface area contributed by atoms with Gasteiger partial charge in [-0.3, -0.25) is 0 Å². The smallest absolute Gasteiger partial charge is 0.140 e. The average Bonchev–Trinajstić information content (AvgIpc) is 2.68. The first-order chi connectivity index (χ1) is 13.1. The molecule has 0 nitrogen and oxygen atoms in total. The van der Waals surface area contributed by atoms with Crippen molar-refractivity contribution < 1.29 is 4.39 Å². The van der Waals surface area contributed by atoms with Crippen molar-refractivity contribution >= 4 is 11.6 Å². The van der Waals surface area contributed by atoms with Gasteiger partial charge in [-0.2, -0.15) is 0 Å². The van der Waals surface area contributed by atoms with Crippen LogP contribution in [0, 0.1) is 29.5 Å². The summed E-state index contributed by atoms with van der Waals surface area (Å²) in [6.45, 7) is 2.30. The van der Waals surface area contributed by atoms with E-state index in [2.05, 4.69) is 30.9 Å². The third-order valence-electron chi connectivity index (χ3n) is 5.73. The molecule has 0 aliphatic heterocycles. The Bertz CT molecular complexity index is 789. The Morgan fingerprint density at radius 2 is 1.59 bits per heavy atom. The van der Waals surface area contributed by atoms with E-state index in [-0.39, 0.29) is 5.82 Å². The molecule has 0 radical (unpaired) electrons. The summed E-state index contributed by atoms with van der Waals surface area (Å²) in [5, 5.41) is 0.390. The van der Waals surface area contributed by atoms with E-state index in [0.29, 0.717) is 10.6 Å². The lowest BCUT2D eigenvalue weighted by atomic mass is 9.78. The van der Waals surface area contributed by atoms with Crippen molar-refractivity contribution in [2.45, 2.75) is 58.3 Å². The fourth-order valence-electron chi connectivity index (χ4n) is 4.07. The van der Waals surface area contributed by atoms with Crippen molar-refractivity contribution in [2.24, 2.45) is 11.8 Å². The van der Waals surface area contributed by atoms with Crippen LogP contribution < -0.4 is 0 Å². The van der Waals surface area contributed by atoms with Crippen molar-refractivity contribution in [3.63, 3.8) is 0 Å². The van der Waals surface area contributed by atoms with Gasteiger partial charge in [-0.05, 0) is 60.6 Å². The second-order valence-electron chi connectivity index (χ2n) is 7.79. The van der Waals surface area contributed by atoms with Crippen molar-refractivity contribution in [3.05, 3.63) is 70.0 Å². The zero-order valence-corrected chi connectivity index (χ0v) is 16.9. The molecule has 2 aromatic carbocycles. The van der Waals surface area contributed by atoms with Crippen LogP contribution in [0.25, 0.3) is 0 Å². The van der Waals surface area contributed by atoms with Gasteiger partial charge >= 0.3 is 0 Å². The summed E-state index contributed by atoms with van der Waals surface area (Å²) in [4.78, 5) is 0. The Labute approximate surface area is 168 Å². The van der Waals surface area contributed by atoms with Crippen molar-refractivity contribution in [1.29, 1.82) is 0 Å². The van der Waals surface area contributed by atoms with Crippen LogP contribution in [0.2, 0.25) is 5.02 Å². The predicted octanol–water partition coefficient (Wildman–Crippen LogP) is 7.42. The lowest BCUT2D eigenvalue weighted by Gasteiger charge is -2.28. The summed E-state index contributed by atoms with van der Waals surface area (Å²) in [5.74, 6) is 7.43. The molecule has 1 saturated carbocycles. The molecule has 0 amide bonds. The molecule has 0 unspecified atom stereocenters. The average molecular weight is 383 g/mol. The summed E-state index contributed by atoms with van der Waals surface area (Å²) >= 11 is 5.77. The van der Waals surface area contributed by atoms with Gasteiger partial charge < -0.3 is 0 Å². The van der Waals surface area contributed by atoms with Crippen LogP contribution in [0.1, 0.15) is 68.6 Å². The molecule has 0 spiro atoms. The minimum Gasteiger partial charge on any atom is -0.206 e. The van der Waals surface area contributed by atoms with E-state index in [4.69, 9.17) is 11.6 Å². The van der Waals surface area contributed by atoms with Gasteiger partial charge in [0.25, 0.3) is 0 Å². The van der Waals surface area contributed by atoms with E-state index in [0.717, 1.165) is 23.8 Å². The molecule has 1 aliphatic rings. The highest BCUT2D eigenvalue weighted by Gasteiger charge is 2.20. The van der Waals surface area contributed by atoms with Crippen LogP contribution in [0.4, 0.5) is 4.39 Å². The second-order valence-corrected chi connectivity index (χ2v) is 8.22. The summed E-state index contributed by atoms with van der Waals surface area (Å²) in [6.07, 6.45) is 10.8. The number of benzene rings is 2. The summed E-state index contributed by atoms with van der Waals surface area (Å²) in [7, 11) is 0. The molecule has 1 aliphatic carbocycles. The van der Waals surface area contributed by atoms with Crippen LogP contribution in [-0.2, 0) is 6.42 Å². The molecule has 27 heavy (non-hydrogen) atoms. The van der Waals surface area contributed by atoms with Gasteiger partial charge in [0, 0.05) is 10.6 Å². The zero-order chi connectivity index (χ0) is 19.1. The highest BCUT2D eigenvalue weighted by atomic mass is 35.5. The Kier molecular flexibility index (Phi) is 7.36. The first kappa shape index (κ1) is 20.0. The lowest BCUT2D eigenvalue weighted by Crippen LogP contribution is -2.15. The van der Waals surface area contributed by atoms with Crippen molar-refractivity contribution in [2.75, 3.05) is 0 Å². The van der Waals surface area contributed by atoms with E-state index in [1.165, 1.54) is 56.6 Å². The number of hydrogen-bond acceptors (Lipinski definition) is 0. The number of aryl methyl sites for hydroxylation is 1. The van der Waals surface area contributed by atoms with Gasteiger partial charge in [-0.25, -0.2) is 4.39 Å². The molecule has 0 atom stereocenters. The molecule has 3 rings (SSSR count). The number of hydrogen-bond donors (Lipinski definition) is 0. The standard InChI is InChI=1S/C25H28ClF/c1-2-3-19-4-6-20(7-5-19)8-9-21-10-12-22(13-11-21)14-15-23-16-17-24(26)18-25(23)27/h10-13,16-20H,2-9H2,1H3. The molecule has 0 aromatic heterocycles.